The van der Waals surface area contributed by atoms with Crippen LogP contribution in [0.3, 0.4) is 0 Å². The van der Waals surface area contributed by atoms with Crippen molar-refractivity contribution in [2.75, 3.05) is 13.1 Å². The van der Waals surface area contributed by atoms with Crippen molar-refractivity contribution in [1.29, 1.82) is 0 Å². The Hall–Kier alpha value is -0.570. The van der Waals surface area contributed by atoms with Gasteiger partial charge in [-0.3, -0.25) is 4.79 Å². The number of carbonyl (C=O) groups is 1. The minimum atomic E-state index is -0.204. The summed E-state index contributed by atoms with van der Waals surface area (Å²) in [7, 11) is 0. The van der Waals surface area contributed by atoms with Crippen LogP contribution in [0.1, 0.15) is 33.1 Å². The van der Waals surface area contributed by atoms with Crippen LogP contribution in [0.4, 0.5) is 0 Å². The van der Waals surface area contributed by atoms with Crippen LogP contribution in [-0.2, 0) is 4.79 Å². The summed E-state index contributed by atoms with van der Waals surface area (Å²) in [5.74, 6) is 0.296. The Labute approximate surface area is 79.7 Å². The summed E-state index contributed by atoms with van der Waals surface area (Å²) in [5, 5.41) is 9.39. The number of likely N-dealkylation sites (tertiary alicyclic amines) is 1. The van der Waals surface area contributed by atoms with Crippen LogP contribution in [0.5, 0.6) is 0 Å². The molecular weight excluding hydrogens is 166 g/mol. The molecular formula is C10H19NO2. The fourth-order valence-electron chi connectivity index (χ4n) is 1.66. The molecule has 0 unspecified atom stereocenters. The molecule has 1 amide bonds. The van der Waals surface area contributed by atoms with Gasteiger partial charge in [0.15, 0.2) is 0 Å². The van der Waals surface area contributed by atoms with E-state index in [0.717, 1.165) is 32.4 Å². The molecule has 1 fully saturated rings. The normalized spacial score (nSPS) is 24.6. The van der Waals surface area contributed by atoms with Gasteiger partial charge < -0.3 is 10.0 Å². The van der Waals surface area contributed by atoms with Crippen molar-refractivity contribution in [3.8, 4) is 0 Å². The first-order chi connectivity index (χ1) is 6.11. The molecule has 13 heavy (non-hydrogen) atoms. The number of amides is 1. The maximum atomic E-state index is 11.6. The summed E-state index contributed by atoms with van der Waals surface area (Å²) in [6.07, 6.45) is 2.30. The minimum absolute atomic E-state index is 0.0789. The topological polar surface area (TPSA) is 40.5 Å². The average Bonchev–Trinajstić information content (AvgIpc) is 2.28. The van der Waals surface area contributed by atoms with E-state index in [1.807, 2.05) is 18.7 Å². The molecule has 0 spiro atoms. The van der Waals surface area contributed by atoms with Gasteiger partial charge in [0.2, 0.25) is 5.91 Å². The zero-order chi connectivity index (χ0) is 9.84. The molecule has 3 nitrogen and oxygen atoms in total. The second-order valence-electron chi connectivity index (χ2n) is 4.06. The molecule has 0 saturated carbocycles. The molecule has 1 rings (SSSR count). The molecule has 0 aromatic heterocycles. The molecule has 0 aliphatic carbocycles. The van der Waals surface area contributed by atoms with Gasteiger partial charge in [-0.25, -0.2) is 0 Å². The molecule has 1 aliphatic rings. The lowest BCUT2D eigenvalue weighted by Gasteiger charge is -2.22. The number of rotatable bonds is 1. The summed E-state index contributed by atoms with van der Waals surface area (Å²) >= 11 is 0. The van der Waals surface area contributed by atoms with E-state index in [1.165, 1.54) is 0 Å². The second-order valence-corrected chi connectivity index (χ2v) is 4.06. The third kappa shape index (κ3) is 2.99. The maximum absolute atomic E-state index is 11.6. The van der Waals surface area contributed by atoms with Gasteiger partial charge in [-0.05, 0) is 19.3 Å². The molecule has 0 bridgehead atoms. The van der Waals surface area contributed by atoms with Crippen LogP contribution in [0.15, 0.2) is 0 Å². The van der Waals surface area contributed by atoms with E-state index in [4.69, 9.17) is 0 Å². The number of hydrogen-bond acceptors (Lipinski definition) is 2. The van der Waals surface area contributed by atoms with Gasteiger partial charge in [-0.1, -0.05) is 13.8 Å². The van der Waals surface area contributed by atoms with Crippen LogP contribution >= 0.6 is 0 Å². The second kappa shape index (κ2) is 4.61. The Morgan fingerprint density at radius 2 is 2.08 bits per heavy atom. The van der Waals surface area contributed by atoms with E-state index in [0.29, 0.717) is 0 Å². The number of aliphatic hydroxyl groups excluding tert-OH is 1. The summed E-state index contributed by atoms with van der Waals surface area (Å²) < 4.78 is 0. The molecule has 0 aromatic carbocycles. The van der Waals surface area contributed by atoms with Crippen molar-refractivity contribution in [2.24, 2.45) is 5.92 Å². The Kier molecular flexibility index (Phi) is 3.72. The van der Waals surface area contributed by atoms with Gasteiger partial charge in [-0.15, -0.1) is 0 Å². The van der Waals surface area contributed by atoms with E-state index < -0.39 is 0 Å². The molecule has 1 atom stereocenters. The van der Waals surface area contributed by atoms with Gasteiger partial charge in [0.25, 0.3) is 0 Å². The molecule has 76 valence electrons. The largest absolute Gasteiger partial charge is 0.393 e. The smallest absolute Gasteiger partial charge is 0.225 e. The fourth-order valence-corrected chi connectivity index (χ4v) is 1.66. The molecule has 0 radical (unpaired) electrons. The van der Waals surface area contributed by atoms with Crippen LogP contribution in [-0.4, -0.2) is 35.1 Å². The zero-order valence-corrected chi connectivity index (χ0v) is 8.49. The highest BCUT2D eigenvalue weighted by Crippen LogP contribution is 2.12. The monoisotopic (exact) mass is 185 g/mol. The van der Waals surface area contributed by atoms with Crippen LogP contribution in [0, 0.1) is 5.92 Å². The predicted molar refractivity (Wildman–Crippen MR) is 51.3 cm³/mol. The number of aliphatic hydroxyl groups is 1. The number of nitrogens with zero attached hydrogens (tertiary/aromatic N) is 1. The zero-order valence-electron chi connectivity index (χ0n) is 8.49. The van der Waals surface area contributed by atoms with E-state index in [9.17, 15) is 9.90 Å². The Bertz CT molecular complexity index is 180. The summed E-state index contributed by atoms with van der Waals surface area (Å²) in [5.41, 5.74) is 0. The van der Waals surface area contributed by atoms with Gasteiger partial charge in [0, 0.05) is 19.0 Å². The molecule has 1 N–H and O–H groups in total. The minimum Gasteiger partial charge on any atom is -0.393 e. The quantitative estimate of drug-likeness (QED) is 0.662. The first-order valence-electron chi connectivity index (χ1n) is 5.08. The van der Waals surface area contributed by atoms with Gasteiger partial charge in [-0.2, -0.15) is 0 Å². The third-order valence-electron chi connectivity index (χ3n) is 2.50. The molecule has 0 aromatic rings. The van der Waals surface area contributed by atoms with Crippen molar-refractivity contribution in [2.45, 2.75) is 39.2 Å². The number of carbonyl (C=O) groups excluding carboxylic acids is 1. The highest BCUT2D eigenvalue weighted by Gasteiger charge is 2.20. The number of hydrogen-bond donors (Lipinski definition) is 1. The van der Waals surface area contributed by atoms with E-state index >= 15 is 0 Å². The van der Waals surface area contributed by atoms with E-state index in [-0.39, 0.29) is 17.9 Å². The van der Waals surface area contributed by atoms with E-state index in [2.05, 4.69) is 0 Å². The molecule has 1 heterocycles. The lowest BCUT2D eigenvalue weighted by molar-refractivity contribution is -0.134. The first kappa shape index (κ1) is 10.5. The van der Waals surface area contributed by atoms with Gasteiger partial charge in [0.05, 0.1) is 6.10 Å². The Morgan fingerprint density at radius 3 is 2.69 bits per heavy atom. The third-order valence-corrected chi connectivity index (χ3v) is 2.50. The Balaban J connectivity index is 2.46. The SMILES string of the molecule is CC(C)C(=O)N1CCC[C@H](O)CC1. The first-order valence-corrected chi connectivity index (χ1v) is 5.08. The average molecular weight is 185 g/mol. The molecule has 3 heteroatoms. The maximum Gasteiger partial charge on any atom is 0.225 e. The lowest BCUT2D eigenvalue weighted by Crippen LogP contribution is -2.35. The van der Waals surface area contributed by atoms with Crippen LogP contribution in [0.25, 0.3) is 0 Å². The van der Waals surface area contributed by atoms with Crippen molar-refractivity contribution in [3.63, 3.8) is 0 Å². The van der Waals surface area contributed by atoms with E-state index in [1.54, 1.807) is 0 Å². The molecule has 1 aliphatic heterocycles. The van der Waals surface area contributed by atoms with Crippen molar-refractivity contribution in [1.82, 2.24) is 4.90 Å². The lowest BCUT2D eigenvalue weighted by atomic mass is 10.2. The molecule has 1 saturated heterocycles. The summed E-state index contributed by atoms with van der Waals surface area (Å²) in [4.78, 5) is 13.5. The van der Waals surface area contributed by atoms with Crippen molar-refractivity contribution in [3.05, 3.63) is 0 Å². The highest BCUT2D eigenvalue weighted by molar-refractivity contribution is 5.78. The van der Waals surface area contributed by atoms with Gasteiger partial charge in [0.1, 0.15) is 0 Å². The fraction of sp³-hybridized carbons (Fsp3) is 0.900. The predicted octanol–water partition coefficient (Wildman–Crippen LogP) is 1.02. The Morgan fingerprint density at radius 1 is 1.38 bits per heavy atom. The summed E-state index contributed by atoms with van der Waals surface area (Å²) in [6.45, 7) is 5.37. The summed E-state index contributed by atoms with van der Waals surface area (Å²) in [6, 6.07) is 0. The van der Waals surface area contributed by atoms with Crippen molar-refractivity contribution < 1.29 is 9.90 Å². The van der Waals surface area contributed by atoms with Crippen molar-refractivity contribution >= 4 is 5.91 Å². The van der Waals surface area contributed by atoms with Gasteiger partial charge >= 0.3 is 0 Å². The standard InChI is InChI=1S/C10H19NO2/c1-8(2)10(13)11-6-3-4-9(12)5-7-11/h8-9,12H,3-7H2,1-2H3/t9-/m0/s1. The highest BCUT2D eigenvalue weighted by atomic mass is 16.3. The van der Waals surface area contributed by atoms with Crippen LogP contribution in [0.2, 0.25) is 0 Å². The van der Waals surface area contributed by atoms with Crippen LogP contribution < -0.4 is 0 Å².